The van der Waals surface area contributed by atoms with Crippen LogP contribution in [-0.2, 0) is 4.79 Å². The van der Waals surface area contributed by atoms with E-state index in [1.54, 1.807) is 0 Å². The van der Waals surface area contributed by atoms with Crippen molar-refractivity contribution in [2.24, 2.45) is 4.99 Å². The molecular formula is C30H59N3O. The van der Waals surface area contributed by atoms with Gasteiger partial charge in [0, 0.05) is 25.3 Å². The first kappa shape index (κ1) is 31.1. The number of carbonyl (C=O) groups is 1. The Hall–Kier alpha value is -0.900. The largest absolute Gasteiger partial charge is 0.339 e. The number of amides is 1. The van der Waals surface area contributed by atoms with Crippen LogP contribution in [0, 0.1) is 0 Å². The van der Waals surface area contributed by atoms with Gasteiger partial charge in [-0.1, -0.05) is 129 Å². The third-order valence-corrected chi connectivity index (χ3v) is 7.28. The molecule has 200 valence electrons. The minimum atomic E-state index is 0.236. The number of carbonyl (C=O) groups excluding carboxylic acids is 1. The van der Waals surface area contributed by atoms with E-state index in [1.165, 1.54) is 128 Å². The summed E-state index contributed by atoms with van der Waals surface area (Å²) in [7, 11) is 0. The summed E-state index contributed by atoms with van der Waals surface area (Å²) in [5, 5.41) is 3.51. The van der Waals surface area contributed by atoms with Crippen LogP contribution in [0.3, 0.4) is 0 Å². The van der Waals surface area contributed by atoms with Crippen molar-refractivity contribution in [3.63, 3.8) is 0 Å². The number of hydrogen-bond donors (Lipinski definition) is 1. The SMILES string of the molecule is CCCCCCCCCCCCCCCCCCCCCCNCCN1CCN=C(C)CC1=O. The molecule has 1 aliphatic heterocycles. The van der Waals surface area contributed by atoms with Crippen molar-refractivity contribution in [1.29, 1.82) is 0 Å². The maximum atomic E-state index is 12.1. The summed E-state index contributed by atoms with van der Waals surface area (Å²) in [6.45, 7) is 8.60. The van der Waals surface area contributed by atoms with Crippen molar-refractivity contribution in [3.8, 4) is 0 Å². The van der Waals surface area contributed by atoms with Crippen LogP contribution >= 0.6 is 0 Å². The van der Waals surface area contributed by atoms with E-state index in [4.69, 9.17) is 0 Å². The van der Waals surface area contributed by atoms with Gasteiger partial charge in [-0.25, -0.2) is 0 Å². The average Bonchev–Trinajstić information content (AvgIpc) is 2.99. The Bertz CT molecular complexity index is 491. The van der Waals surface area contributed by atoms with Gasteiger partial charge in [-0.15, -0.1) is 0 Å². The van der Waals surface area contributed by atoms with Crippen LogP contribution in [0.25, 0.3) is 0 Å². The Balaban J connectivity index is 1.70. The van der Waals surface area contributed by atoms with Crippen LogP contribution in [0.4, 0.5) is 0 Å². The highest BCUT2D eigenvalue weighted by Crippen LogP contribution is 2.14. The quantitative estimate of drug-likeness (QED) is 0.143. The predicted octanol–water partition coefficient (Wildman–Crippen LogP) is 8.09. The van der Waals surface area contributed by atoms with Crippen molar-refractivity contribution in [3.05, 3.63) is 0 Å². The molecule has 1 heterocycles. The summed E-state index contributed by atoms with van der Waals surface area (Å²) in [6, 6.07) is 0. The van der Waals surface area contributed by atoms with Gasteiger partial charge in [-0.3, -0.25) is 9.79 Å². The van der Waals surface area contributed by atoms with Crippen LogP contribution < -0.4 is 5.32 Å². The molecule has 0 aromatic heterocycles. The second kappa shape index (κ2) is 23.8. The second-order valence-electron chi connectivity index (χ2n) is 10.6. The fourth-order valence-corrected chi connectivity index (χ4v) is 4.95. The van der Waals surface area contributed by atoms with E-state index in [1.807, 2.05) is 11.8 Å². The molecule has 1 amide bonds. The van der Waals surface area contributed by atoms with Crippen LogP contribution in [-0.4, -0.2) is 49.2 Å². The number of nitrogens with one attached hydrogen (secondary N) is 1. The van der Waals surface area contributed by atoms with Crippen LogP contribution in [0.5, 0.6) is 0 Å². The molecule has 1 N–H and O–H groups in total. The highest BCUT2D eigenvalue weighted by molar-refractivity contribution is 6.00. The first-order valence-corrected chi connectivity index (χ1v) is 15.2. The van der Waals surface area contributed by atoms with Gasteiger partial charge >= 0.3 is 0 Å². The highest BCUT2D eigenvalue weighted by Gasteiger charge is 2.16. The van der Waals surface area contributed by atoms with Gasteiger partial charge in [0.25, 0.3) is 0 Å². The van der Waals surface area contributed by atoms with Gasteiger partial charge in [-0.05, 0) is 19.9 Å². The Morgan fingerprint density at radius 2 is 1.12 bits per heavy atom. The summed E-state index contributed by atoms with van der Waals surface area (Å²) < 4.78 is 0. The number of unbranched alkanes of at least 4 members (excludes halogenated alkanes) is 19. The second-order valence-corrected chi connectivity index (χ2v) is 10.6. The summed E-state index contributed by atoms with van der Waals surface area (Å²) >= 11 is 0. The summed E-state index contributed by atoms with van der Waals surface area (Å²) in [4.78, 5) is 18.5. The number of aliphatic imine (C=N–C) groups is 1. The minimum absolute atomic E-state index is 0.236. The van der Waals surface area contributed by atoms with E-state index < -0.39 is 0 Å². The van der Waals surface area contributed by atoms with Crippen LogP contribution in [0.15, 0.2) is 4.99 Å². The molecule has 1 rings (SSSR count). The van der Waals surface area contributed by atoms with Crippen molar-refractivity contribution in [2.45, 2.75) is 149 Å². The van der Waals surface area contributed by atoms with E-state index in [0.717, 1.165) is 38.4 Å². The normalized spacial score (nSPS) is 14.5. The fraction of sp³-hybridized carbons (Fsp3) is 0.933. The van der Waals surface area contributed by atoms with Gasteiger partial charge in [0.15, 0.2) is 0 Å². The molecule has 0 atom stereocenters. The lowest BCUT2D eigenvalue weighted by atomic mass is 10.0. The zero-order valence-corrected chi connectivity index (χ0v) is 23.2. The van der Waals surface area contributed by atoms with Crippen molar-refractivity contribution in [1.82, 2.24) is 10.2 Å². The minimum Gasteiger partial charge on any atom is -0.339 e. The maximum absolute atomic E-state index is 12.1. The molecule has 0 spiro atoms. The molecular weight excluding hydrogens is 418 g/mol. The molecule has 4 heteroatoms. The Morgan fingerprint density at radius 1 is 0.676 bits per heavy atom. The molecule has 0 saturated carbocycles. The Morgan fingerprint density at radius 3 is 1.59 bits per heavy atom. The van der Waals surface area contributed by atoms with Crippen molar-refractivity contribution >= 4 is 11.6 Å². The van der Waals surface area contributed by atoms with Crippen LogP contribution in [0.2, 0.25) is 0 Å². The van der Waals surface area contributed by atoms with E-state index >= 15 is 0 Å². The lowest BCUT2D eigenvalue weighted by molar-refractivity contribution is -0.129. The summed E-state index contributed by atoms with van der Waals surface area (Å²) in [5.41, 5.74) is 0.977. The number of nitrogens with zero attached hydrogens (tertiary/aromatic N) is 2. The Kier molecular flexibility index (Phi) is 21.8. The van der Waals surface area contributed by atoms with E-state index in [2.05, 4.69) is 17.2 Å². The van der Waals surface area contributed by atoms with E-state index in [9.17, 15) is 4.79 Å². The fourth-order valence-electron chi connectivity index (χ4n) is 4.95. The van der Waals surface area contributed by atoms with E-state index in [0.29, 0.717) is 6.42 Å². The first-order valence-electron chi connectivity index (χ1n) is 15.2. The standard InChI is InChI=1S/C30H59N3O/c1-3-4-5-6-7-8-9-10-11-12-13-14-15-16-17-18-19-20-21-22-23-31-24-26-33-27-25-32-29(2)28-30(33)34/h31H,3-28H2,1-2H3. The van der Waals surface area contributed by atoms with Gasteiger partial charge < -0.3 is 10.2 Å². The van der Waals surface area contributed by atoms with Crippen molar-refractivity contribution in [2.75, 3.05) is 32.7 Å². The third kappa shape index (κ3) is 19.4. The topological polar surface area (TPSA) is 44.7 Å². The molecule has 0 fully saturated rings. The molecule has 0 saturated heterocycles. The molecule has 0 aromatic rings. The molecule has 0 aromatic carbocycles. The molecule has 1 aliphatic rings. The van der Waals surface area contributed by atoms with Gasteiger partial charge in [0.05, 0.1) is 13.0 Å². The summed E-state index contributed by atoms with van der Waals surface area (Å²) in [6.07, 6.45) is 29.1. The molecule has 4 nitrogen and oxygen atoms in total. The number of rotatable bonds is 24. The lowest BCUT2D eigenvalue weighted by Gasteiger charge is -2.20. The molecule has 34 heavy (non-hydrogen) atoms. The molecule has 0 radical (unpaired) electrons. The van der Waals surface area contributed by atoms with Crippen LogP contribution in [0.1, 0.15) is 149 Å². The number of hydrogen-bond acceptors (Lipinski definition) is 3. The van der Waals surface area contributed by atoms with Gasteiger partial charge in [0.1, 0.15) is 0 Å². The average molecular weight is 478 g/mol. The third-order valence-electron chi connectivity index (χ3n) is 7.28. The zero-order chi connectivity index (χ0) is 24.5. The molecule has 0 bridgehead atoms. The summed E-state index contributed by atoms with van der Waals surface area (Å²) in [5.74, 6) is 0.236. The first-order chi connectivity index (χ1) is 16.7. The van der Waals surface area contributed by atoms with Gasteiger partial charge in [0.2, 0.25) is 5.91 Å². The lowest BCUT2D eigenvalue weighted by Crippen LogP contribution is -2.38. The molecule has 0 aliphatic carbocycles. The highest BCUT2D eigenvalue weighted by atomic mass is 16.2. The smallest absolute Gasteiger partial charge is 0.228 e. The van der Waals surface area contributed by atoms with Crippen molar-refractivity contribution < 1.29 is 4.79 Å². The monoisotopic (exact) mass is 477 g/mol. The van der Waals surface area contributed by atoms with Gasteiger partial charge in [-0.2, -0.15) is 0 Å². The maximum Gasteiger partial charge on any atom is 0.228 e. The molecule has 0 unspecified atom stereocenters. The zero-order valence-electron chi connectivity index (χ0n) is 23.2. The van der Waals surface area contributed by atoms with E-state index in [-0.39, 0.29) is 5.91 Å². The predicted molar refractivity (Wildman–Crippen MR) is 150 cm³/mol. The Labute approximate surface area is 213 Å².